The van der Waals surface area contributed by atoms with Gasteiger partial charge in [0.25, 0.3) is 0 Å². The number of carbonyl (C=O) groups excluding carboxylic acids is 2. The number of nitrogens with one attached hydrogen (secondary N) is 2. The smallest absolute Gasteiger partial charge is 0.313 e. The number of hydrogen-bond donors (Lipinski definition) is 2. The largest absolute Gasteiger partial charge is 0.345 e. The number of hydrogen-bond acceptors (Lipinski definition) is 2. The summed E-state index contributed by atoms with van der Waals surface area (Å²) in [6, 6.07) is 7.74. The molecule has 0 bridgehead atoms. The van der Waals surface area contributed by atoms with Crippen LogP contribution < -0.4 is 10.6 Å². The van der Waals surface area contributed by atoms with Crippen molar-refractivity contribution in [2.45, 2.75) is 58.4 Å². The third-order valence-corrected chi connectivity index (χ3v) is 4.47. The number of anilines is 1. The molecule has 22 heavy (non-hydrogen) atoms. The summed E-state index contributed by atoms with van der Waals surface area (Å²) in [4.78, 5) is 24.0. The molecular weight excluding hydrogens is 276 g/mol. The minimum absolute atomic E-state index is 0.121. The highest BCUT2D eigenvalue weighted by atomic mass is 16.2. The van der Waals surface area contributed by atoms with Crippen LogP contribution in [-0.2, 0) is 9.59 Å². The van der Waals surface area contributed by atoms with Crippen molar-refractivity contribution < 1.29 is 9.59 Å². The van der Waals surface area contributed by atoms with Gasteiger partial charge in [-0.25, -0.2) is 0 Å². The van der Waals surface area contributed by atoms with Crippen molar-refractivity contribution in [1.82, 2.24) is 5.32 Å². The Balaban J connectivity index is 1.89. The van der Waals surface area contributed by atoms with E-state index in [0.29, 0.717) is 17.5 Å². The highest BCUT2D eigenvalue weighted by molar-refractivity contribution is 6.39. The van der Waals surface area contributed by atoms with Gasteiger partial charge in [0.2, 0.25) is 0 Å². The van der Waals surface area contributed by atoms with Crippen LogP contribution in [0.2, 0.25) is 0 Å². The van der Waals surface area contributed by atoms with E-state index in [1.165, 1.54) is 12.0 Å². The zero-order valence-electron chi connectivity index (χ0n) is 13.7. The summed E-state index contributed by atoms with van der Waals surface area (Å²) in [5, 5.41) is 5.53. The van der Waals surface area contributed by atoms with Gasteiger partial charge in [-0.1, -0.05) is 45.7 Å². The standard InChI is InChI=1S/C18H26N2O2/c1-12(2)14-8-10-15(11-9-14)19-17(21)18(22)20-16-7-5-4-6-13(16)3/h8-13,16H,4-7H2,1-3H3,(H,19,21)(H,20,22)/t13-,16+/m1/s1. The molecule has 0 heterocycles. The minimum atomic E-state index is -0.588. The number of rotatable bonds is 3. The van der Waals surface area contributed by atoms with Crippen molar-refractivity contribution in [2.75, 3.05) is 5.32 Å². The SMILES string of the molecule is CC(C)c1ccc(NC(=O)C(=O)N[C@H]2CCCC[C@H]2C)cc1. The van der Waals surface area contributed by atoms with Gasteiger partial charge in [-0.3, -0.25) is 9.59 Å². The predicted molar refractivity (Wildman–Crippen MR) is 88.7 cm³/mol. The Labute approximate surface area is 132 Å². The summed E-state index contributed by atoms with van der Waals surface area (Å²) in [6.07, 6.45) is 4.40. The van der Waals surface area contributed by atoms with Crippen LogP contribution in [0.25, 0.3) is 0 Å². The van der Waals surface area contributed by atoms with Crippen LogP contribution in [-0.4, -0.2) is 17.9 Å². The predicted octanol–water partition coefficient (Wildman–Crippen LogP) is 3.44. The van der Waals surface area contributed by atoms with Crippen LogP contribution >= 0.6 is 0 Å². The Hall–Kier alpha value is -1.84. The van der Waals surface area contributed by atoms with Crippen molar-refractivity contribution in [3.63, 3.8) is 0 Å². The van der Waals surface area contributed by atoms with Crippen LogP contribution in [0.5, 0.6) is 0 Å². The number of amides is 2. The maximum Gasteiger partial charge on any atom is 0.313 e. The van der Waals surface area contributed by atoms with E-state index in [-0.39, 0.29) is 6.04 Å². The molecule has 0 spiro atoms. The summed E-state index contributed by atoms with van der Waals surface area (Å²) in [5.74, 6) is -0.238. The second-order valence-corrected chi connectivity index (χ2v) is 6.57. The van der Waals surface area contributed by atoms with Crippen molar-refractivity contribution >= 4 is 17.5 Å². The first-order valence-electron chi connectivity index (χ1n) is 8.19. The molecule has 1 saturated carbocycles. The highest BCUT2D eigenvalue weighted by Gasteiger charge is 2.25. The summed E-state index contributed by atoms with van der Waals surface area (Å²) < 4.78 is 0. The Morgan fingerprint density at radius 2 is 1.68 bits per heavy atom. The Bertz CT molecular complexity index is 522. The molecule has 2 N–H and O–H groups in total. The van der Waals surface area contributed by atoms with E-state index in [2.05, 4.69) is 31.4 Å². The normalized spacial score (nSPS) is 21.5. The first-order chi connectivity index (χ1) is 10.5. The molecule has 0 aliphatic heterocycles. The maximum atomic E-state index is 12.0. The summed E-state index contributed by atoms with van der Waals surface area (Å²) in [7, 11) is 0. The van der Waals surface area contributed by atoms with Gasteiger partial charge >= 0.3 is 11.8 Å². The van der Waals surface area contributed by atoms with Crippen molar-refractivity contribution in [1.29, 1.82) is 0 Å². The van der Waals surface area contributed by atoms with E-state index in [1.807, 2.05) is 24.3 Å². The first kappa shape index (κ1) is 16.5. The first-order valence-corrected chi connectivity index (χ1v) is 8.19. The molecule has 0 saturated heterocycles. The lowest BCUT2D eigenvalue weighted by atomic mass is 9.86. The molecule has 1 fully saturated rings. The fourth-order valence-corrected chi connectivity index (χ4v) is 2.90. The van der Waals surface area contributed by atoms with Crippen LogP contribution in [0.1, 0.15) is 57.9 Å². The molecule has 1 aliphatic rings. The average molecular weight is 302 g/mol. The van der Waals surface area contributed by atoms with E-state index >= 15 is 0 Å². The molecule has 2 rings (SSSR count). The zero-order valence-corrected chi connectivity index (χ0v) is 13.7. The molecule has 0 radical (unpaired) electrons. The molecule has 2 atom stereocenters. The van der Waals surface area contributed by atoms with Crippen molar-refractivity contribution in [3.8, 4) is 0 Å². The van der Waals surface area contributed by atoms with E-state index in [4.69, 9.17) is 0 Å². The van der Waals surface area contributed by atoms with Gasteiger partial charge in [-0.2, -0.15) is 0 Å². The maximum absolute atomic E-state index is 12.0. The zero-order chi connectivity index (χ0) is 16.1. The van der Waals surface area contributed by atoms with Gasteiger partial charge in [0.1, 0.15) is 0 Å². The third-order valence-electron chi connectivity index (χ3n) is 4.47. The summed E-state index contributed by atoms with van der Waals surface area (Å²) in [5.41, 5.74) is 1.86. The van der Waals surface area contributed by atoms with Gasteiger partial charge < -0.3 is 10.6 Å². The molecule has 1 aromatic rings. The van der Waals surface area contributed by atoms with E-state index < -0.39 is 11.8 Å². The lowest BCUT2D eigenvalue weighted by Gasteiger charge is -2.29. The second kappa shape index (κ2) is 7.43. The van der Waals surface area contributed by atoms with Gasteiger partial charge in [-0.15, -0.1) is 0 Å². The molecule has 1 aliphatic carbocycles. The van der Waals surface area contributed by atoms with Crippen LogP contribution in [0.4, 0.5) is 5.69 Å². The monoisotopic (exact) mass is 302 g/mol. The fraction of sp³-hybridized carbons (Fsp3) is 0.556. The van der Waals surface area contributed by atoms with E-state index in [0.717, 1.165) is 19.3 Å². The molecule has 2 amide bonds. The molecule has 1 aromatic carbocycles. The minimum Gasteiger partial charge on any atom is -0.345 e. The summed E-state index contributed by atoms with van der Waals surface area (Å²) >= 11 is 0. The lowest BCUT2D eigenvalue weighted by molar-refractivity contribution is -0.137. The third kappa shape index (κ3) is 4.33. The molecule has 0 unspecified atom stereocenters. The summed E-state index contributed by atoms with van der Waals surface area (Å²) in [6.45, 7) is 6.37. The van der Waals surface area contributed by atoms with Gasteiger partial charge in [0.15, 0.2) is 0 Å². The Kier molecular flexibility index (Phi) is 5.58. The van der Waals surface area contributed by atoms with Crippen LogP contribution in [0.3, 0.4) is 0 Å². The van der Waals surface area contributed by atoms with Crippen molar-refractivity contribution in [3.05, 3.63) is 29.8 Å². The number of benzene rings is 1. The molecule has 4 heteroatoms. The number of carbonyl (C=O) groups is 2. The van der Waals surface area contributed by atoms with E-state index in [1.54, 1.807) is 0 Å². The molecule has 120 valence electrons. The van der Waals surface area contributed by atoms with Crippen LogP contribution in [0, 0.1) is 5.92 Å². The Morgan fingerprint density at radius 3 is 2.27 bits per heavy atom. The quantitative estimate of drug-likeness (QED) is 0.840. The average Bonchev–Trinajstić information content (AvgIpc) is 2.50. The molecule has 4 nitrogen and oxygen atoms in total. The van der Waals surface area contributed by atoms with Gasteiger partial charge in [-0.05, 0) is 42.4 Å². The highest BCUT2D eigenvalue weighted by Crippen LogP contribution is 2.23. The van der Waals surface area contributed by atoms with Crippen LogP contribution in [0.15, 0.2) is 24.3 Å². The van der Waals surface area contributed by atoms with Gasteiger partial charge in [0, 0.05) is 11.7 Å². The van der Waals surface area contributed by atoms with Crippen molar-refractivity contribution in [2.24, 2.45) is 5.92 Å². The Morgan fingerprint density at radius 1 is 1.05 bits per heavy atom. The van der Waals surface area contributed by atoms with E-state index in [9.17, 15) is 9.59 Å². The lowest BCUT2D eigenvalue weighted by Crippen LogP contribution is -2.45. The molecule has 0 aromatic heterocycles. The van der Waals surface area contributed by atoms with Gasteiger partial charge in [0.05, 0.1) is 0 Å². The topological polar surface area (TPSA) is 58.2 Å². The fourth-order valence-electron chi connectivity index (χ4n) is 2.90. The molecular formula is C18H26N2O2. The second-order valence-electron chi connectivity index (χ2n) is 6.57.